The predicted octanol–water partition coefficient (Wildman–Crippen LogP) is 3.32. The van der Waals surface area contributed by atoms with E-state index in [0.29, 0.717) is 18.4 Å². The van der Waals surface area contributed by atoms with Crippen molar-refractivity contribution in [3.05, 3.63) is 35.4 Å². The number of benzene rings is 1. The first kappa shape index (κ1) is 12.0. The van der Waals surface area contributed by atoms with Gasteiger partial charge in [-0.15, -0.1) is 0 Å². The molecule has 2 nitrogen and oxygen atoms in total. The fourth-order valence-corrected chi connectivity index (χ4v) is 2.48. The molecule has 0 saturated heterocycles. The molecular formula is C13H14F2O2. The van der Waals surface area contributed by atoms with Crippen LogP contribution in [0.1, 0.15) is 37.2 Å². The van der Waals surface area contributed by atoms with Gasteiger partial charge in [-0.1, -0.05) is 12.5 Å². The molecule has 0 spiro atoms. The number of carboxylic acids is 1. The van der Waals surface area contributed by atoms with Crippen LogP contribution in [-0.4, -0.2) is 11.1 Å². The van der Waals surface area contributed by atoms with Crippen LogP contribution >= 0.6 is 0 Å². The summed E-state index contributed by atoms with van der Waals surface area (Å²) in [6.45, 7) is 0. The highest BCUT2D eigenvalue weighted by molar-refractivity contribution is 5.70. The van der Waals surface area contributed by atoms with Gasteiger partial charge in [-0.25, -0.2) is 8.78 Å². The molecule has 2 unspecified atom stereocenters. The van der Waals surface area contributed by atoms with Crippen molar-refractivity contribution >= 4 is 5.97 Å². The second-order valence-electron chi connectivity index (χ2n) is 4.57. The molecule has 1 aromatic carbocycles. The number of carbonyl (C=O) groups is 1. The lowest BCUT2D eigenvalue weighted by Gasteiger charge is -2.26. The van der Waals surface area contributed by atoms with Crippen LogP contribution in [0.25, 0.3) is 0 Å². The van der Waals surface area contributed by atoms with Crippen molar-refractivity contribution in [3.8, 4) is 0 Å². The van der Waals surface area contributed by atoms with E-state index in [1.54, 1.807) is 6.07 Å². The highest BCUT2D eigenvalue weighted by Crippen LogP contribution is 2.36. The Morgan fingerprint density at radius 2 is 2.00 bits per heavy atom. The summed E-state index contributed by atoms with van der Waals surface area (Å²) >= 11 is 0. The molecule has 0 aliphatic heterocycles. The van der Waals surface area contributed by atoms with E-state index < -0.39 is 17.6 Å². The van der Waals surface area contributed by atoms with E-state index >= 15 is 0 Å². The molecule has 0 aromatic heterocycles. The van der Waals surface area contributed by atoms with E-state index in [0.717, 1.165) is 18.9 Å². The summed E-state index contributed by atoms with van der Waals surface area (Å²) in [7, 11) is 0. The number of hydrogen-bond acceptors (Lipinski definition) is 1. The van der Waals surface area contributed by atoms with E-state index in [9.17, 15) is 13.6 Å². The van der Waals surface area contributed by atoms with Crippen LogP contribution in [0.15, 0.2) is 18.2 Å². The maximum Gasteiger partial charge on any atom is 0.306 e. The summed E-state index contributed by atoms with van der Waals surface area (Å²) in [5, 5.41) is 8.97. The van der Waals surface area contributed by atoms with Gasteiger partial charge in [-0.2, -0.15) is 0 Å². The van der Waals surface area contributed by atoms with Gasteiger partial charge in [-0.05, 0) is 42.9 Å². The van der Waals surface area contributed by atoms with Gasteiger partial charge in [0.05, 0.1) is 5.92 Å². The summed E-state index contributed by atoms with van der Waals surface area (Å²) in [5.41, 5.74) is 0.704. The van der Waals surface area contributed by atoms with Gasteiger partial charge in [0.25, 0.3) is 0 Å². The molecule has 1 fully saturated rings. The van der Waals surface area contributed by atoms with Crippen molar-refractivity contribution in [2.45, 2.75) is 31.6 Å². The normalized spacial score (nSPS) is 24.6. The molecule has 0 radical (unpaired) electrons. The number of hydrogen-bond donors (Lipinski definition) is 1. The minimum absolute atomic E-state index is 0.0277. The highest BCUT2D eigenvalue weighted by atomic mass is 19.2. The van der Waals surface area contributed by atoms with Crippen molar-refractivity contribution in [1.29, 1.82) is 0 Å². The second kappa shape index (κ2) is 4.82. The molecule has 0 bridgehead atoms. The fourth-order valence-electron chi connectivity index (χ4n) is 2.48. The lowest BCUT2D eigenvalue weighted by Crippen LogP contribution is -2.21. The van der Waals surface area contributed by atoms with Gasteiger partial charge in [-0.3, -0.25) is 4.79 Å². The van der Waals surface area contributed by atoms with Crippen molar-refractivity contribution in [3.63, 3.8) is 0 Å². The van der Waals surface area contributed by atoms with Crippen LogP contribution in [0.3, 0.4) is 0 Å². The standard InChI is InChI=1S/C13H14F2O2/c14-11-5-4-9(7-12(11)15)8-2-1-3-10(6-8)13(16)17/h4-5,7-8,10H,1-3,6H2,(H,16,17). The lowest BCUT2D eigenvalue weighted by molar-refractivity contribution is -0.142. The first-order chi connectivity index (χ1) is 8.08. The first-order valence-electron chi connectivity index (χ1n) is 5.75. The zero-order valence-electron chi connectivity index (χ0n) is 9.33. The fraction of sp³-hybridized carbons (Fsp3) is 0.462. The first-order valence-corrected chi connectivity index (χ1v) is 5.75. The van der Waals surface area contributed by atoms with Gasteiger partial charge in [0.15, 0.2) is 11.6 Å². The summed E-state index contributed by atoms with van der Waals surface area (Å²) in [6.07, 6.45) is 2.85. The number of aliphatic carboxylic acids is 1. The van der Waals surface area contributed by atoms with Gasteiger partial charge in [0.1, 0.15) is 0 Å². The van der Waals surface area contributed by atoms with Crippen LogP contribution in [0.4, 0.5) is 8.78 Å². The Hall–Kier alpha value is -1.45. The average Bonchev–Trinajstić information content (AvgIpc) is 2.33. The maximum atomic E-state index is 13.1. The average molecular weight is 240 g/mol. The quantitative estimate of drug-likeness (QED) is 0.861. The zero-order chi connectivity index (χ0) is 12.4. The third kappa shape index (κ3) is 2.62. The molecule has 1 saturated carbocycles. The number of carboxylic acid groups (broad SMARTS) is 1. The Labute approximate surface area is 98.3 Å². The molecular weight excluding hydrogens is 226 g/mol. The number of halogens is 2. The Morgan fingerprint density at radius 3 is 2.65 bits per heavy atom. The molecule has 1 aliphatic carbocycles. The van der Waals surface area contributed by atoms with E-state index in [1.807, 2.05) is 0 Å². The van der Waals surface area contributed by atoms with Crippen molar-refractivity contribution < 1.29 is 18.7 Å². The maximum absolute atomic E-state index is 13.1. The summed E-state index contributed by atoms with van der Waals surface area (Å²) < 4.78 is 25.9. The summed E-state index contributed by atoms with van der Waals surface area (Å²) in [5.74, 6) is -2.85. The highest BCUT2D eigenvalue weighted by Gasteiger charge is 2.28. The Bertz CT molecular complexity index is 431. The Morgan fingerprint density at radius 1 is 1.24 bits per heavy atom. The molecule has 1 aliphatic rings. The zero-order valence-corrected chi connectivity index (χ0v) is 9.33. The second-order valence-corrected chi connectivity index (χ2v) is 4.57. The van der Waals surface area contributed by atoms with Crippen LogP contribution in [-0.2, 0) is 4.79 Å². The molecule has 92 valence electrons. The number of rotatable bonds is 2. The van der Waals surface area contributed by atoms with E-state index in [1.165, 1.54) is 6.07 Å². The van der Waals surface area contributed by atoms with Gasteiger partial charge >= 0.3 is 5.97 Å². The topological polar surface area (TPSA) is 37.3 Å². The van der Waals surface area contributed by atoms with Crippen LogP contribution < -0.4 is 0 Å². The van der Waals surface area contributed by atoms with Crippen LogP contribution in [0.2, 0.25) is 0 Å². The summed E-state index contributed by atoms with van der Waals surface area (Å²) in [4.78, 5) is 10.9. The Kier molecular flexibility index (Phi) is 3.41. The molecule has 1 N–H and O–H groups in total. The molecule has 1 aromatic rings. The SMILES string of the molecule is O=C(O)C1CCCC(c2ccc(F)c(F)c2)C1. The Balaban J connectivity index is 2.16. The molecule has 2 atom stereocenters. The monoisotopic (exact) mass is 240 g/mol. The van der Waals surface area contributed by atoms with Gasteiger partial charge in [0, 0.05) is 0 Å². The molecule has 17 heavy (non-hydrogen) atoms. The third-order valence-electron chi connectivity index (χ3n) is 3.44. The predicted molar refractivity (Wildman–Crippen MR) is 58.7 cm³/mol. The van der Waals surface area contributed by atoms with E-state index in [2.05, 4.69) is 0 Å². The van der Waals surface area contributed by atoms with Gasteiger partial charge in [0.2, 0.25) is 0 Å². The van der Waals surface area contributed by atoms with Crippen molar-refractivity contribution in [2.75, 3.05) is 0 Å². The van der Waals surface area contributed by atoms with Gasteiger partial charge < -0.3 is 5.11 Å². The van der Waals surface area contributed by atoms with Crippen molar-refractivity contribution in [2.24, 2.45) is 5.92 Å². The van der Waals surface area contributed by atoms with Crippen LogP contribution in [0.5, 0.6) is 0 Å². The largest absolute Gasteiger partial charge is 0.481 e. The molecule has 0 amide bonds. The molecule has 2 rings (SSSR count). The summed E-state index contributed by atoms with van der Waals surface area (Å²) in [6, 6.07) is 3.84. The third-order valence-corrected chi connectivity index (χ3v) is 3.44. The minimum Gasteiger partial charge on any atom is -0.481 e. The smallest absolute Gasteiger partial charge is 0.306 e. The minimum atomic E-state index is -0.862. The van der Waals surface area contributed by atoms with Crippen LogP contribution in [0, 0.1) is 17.6 Å². The molecule has 0 heterocycles. The van der Waals surface area contributed by atoms with E-state index in [-0.39, 0.29) is 11.8 Å². The van der Waals surface area contributed by atoms with E-state index in [4.69, 9.17) is 5.11 Å². The lowest BCUT2D eigenvalue weighted by atomic mass is 9.78. The molecule has 4 heteroatoms. The van der Waals surface area contributed by atoms with Crippen molar-refractivity contribution in [1.82, 2.24) is 0 Å².